The maximum atomic E-state index is 12.7. The van der Waals surface area contributed by atoms with Crippen LogP contribution in [0.5, 0.6) is 0 Å². The van der Waals surface area contributed by atoms with Crippen molar-refractivity contribution < 1.29 is 23.1 Å². The van der Waals surface area contributed by atoms with Crippen LogP contribution in [0.1, 0.15) is 41.6 Å². The molecule has 8 heteroatoms. The van der Waals surface area contributed by atoms with Crippen molar-refractivity contribution >= 4 is 5.91 Å². The molecule has 3 N–H and O–H groups in total. The van der Waals surface area contributed by atoms with Crippen LogP contribution in [0.25, 0.3) is 0 Å². The van der Waals surface area contributed by atoms with Gasteiger partial charge in [-0.1, -0.05) is 12.6 Å². The third-order valence-electron chi connectivity index (χ3n) is 5.42. The van der Waals surface area contributed by atoms with E-state index in [-0.39, 0.29) is 24.3 Å². The Hall–Kier alpha value is -2.06. The molecule has 0 spiro atoms. The van der Waals surface area contributed by atoms with Crippen LogP contribution in [0, 0.1) is 0 Å². The van der Waals surface area contributed by atoms with E-state index in [0.29, 0.717) is 11.7 Å². The van der Waals surface area contributed by atoms with E-state index < -0.39 is 17.6 Å². The summed E-state index contributed by atoms with van der Waals surface area (Å²) in [5.74, 6) is -0.565. The van der Waals surface area contributed by atoms with E-state index in [0.717, 1.165) is 50.9 Å². The monoisotopic (exact) mass is 397 g/mol. The summed E-state index contributed by atoms with van der Waals surface area (Å²) >= 11 is 0. The van der Waals surface area contributed by atoms with Gasteiger partial charge in [-0.25, -0.2) is 0 Å². The summed E-state index contributed by atoms with van der Waals surface area (Å²) in [6, 6.07) is 5.13. The zero-order valence-electron chi connectivity index (χ0n) is 15.6. The van der Waals surface area contributed by atoms with Crippen molar-refractivity contribution in [1.82, 2.24) is 15.5 Å². The summed E-state index contributed by atoms with van der Waals surface area (Å²) < 4.78 is 38.2. The summed E-state index contributed by atoms with van der Waals surface area (Å²) in [6.07, 6.45) is -0.898. The van der Waals surface area contributed by atoms with E-state index in [2.05, 4.69) is 22.1 Å². The number of halogens is 3. The van der Waals surface area contributed by atoms with Gasteiger partial charge in [-0.2, -0.15) is 13.2 Å². The summed E-state index contributed by atoms with van der Waals surface area (Å²) in [6.45, 7) is 5.82. The molecule has 5 nitrogen and oxygen atoms in total. The van der Waals surface area contributed by atoms with Crippen molar-refractivity contribution in [2.75, 3.05) is 19.6 Å². The molecule has 0 bridgehead atoms. The van der Waals surface area contributed by atoms with E-state index in [9.17, 15) is 23.1 Å². The number of hydrogen-bond acceptors (Lipinski definition) is 4. The largest absolute Gasteiger partial charge is 0.416 e. The van der Waals surface area contributed by atoms with Crippen LogP contribution < -0.4 is 10.6 Å². The number of rotatable bonds is 6. The van der Waals surface area contributed by atoms with Crippen molar-refractivity contribution in [3.05, 3.63) is 47.7 Å². The van der Waals surface area contributed by atoms with Gasteiger partial charge >= 0.3 is 6.18 Å². The third kappa shape index (κ3) is 5.26. The third-order valence-corrected chi connectivity index (χ3v) is 5.42. The summed E-state index contributed by atoms with van der Waals surface area (Å²) in [5.41, 5.74) is -0.247. The highest BCUT2D eigenvalue weighted by Gasteiger charge is 2.34. The molecule has 0 atom stereocenters. The number of alkyl halides is 3. The van der Waals surface area contributed by atoms with E-state index in [4.69, 9.17) is 0 Å². The topological polar surface area (TPSA) is 64.6 Å². The molecule has 1 saturated carbocycles. The fourth-order valence-electron chi connectivity index (χ4n) is 3.79. The van der Waals surface area contributed by atoms with E-state index in [1.54, 1.807) is 0 Å². The lowest BCUT2D eigenvalue weighted by molar-refractivity contribution is -0.137. The Morgan fingerprint density at radius 2 is 1.89 bits per heavy atom. The maximum Gasteiger partial charge on any atom is 0.416 e. The Kier molecular flexibility index (Phi) is 6.30. The van der Waals surface area contributed by atoms with Crippen molar-refractivity contribution in [3.8, 4) is 0 Å². The minimum atomic E-state index is -4.48. The lowest BCUT2D eigenvalue weighted by Gasteiger charge is -2.46. The predicted molar refractivity (Wildman–Crippen MR) is 99.7 cm³/mol. The van der Waals surface area contributed by atoms with Gasteiger partial charge in [0.15, 0.2) is 0 Å². The van der Waals surface area contributed by atoms with Crippen LogP contribution in [0.2, 0.25) is 0 Å². The van der Waals surface area contributed by atoms with Crippen molar-refractivity contribution in [3.63, 3.8) is 0 Å². The van der Waals surface area contributed by atoms with Gasteiger partial charge in [0, 0.05) is 30.4 Å². The van der Waals surface area contributed by atoms with Gasteiger partial charge in [-0.15, -0.1) is 0 Å². The number of aliphatic hydroxyl groups is 1. The van der Waals surface area contributed by atoms with Crippen LogP contribution in [0.3, 0.4) is 0 Å². The molecule has 1 aromatic rings. The summed E-state index contributed by atoms with van der Waals surface area (Å²) in [4.78, 5) is 14.5. The molecule has 28 heavy (non-hydrogen) atoms. The first-order valence-electron chi connectivity index (χ1n) is 9.54. The van der Waals surface area contributed by atoms with Crippen LogP contribution in [0.15, 0.2) is 36.5 Å². The van der Waals surface area contributed by atoms with E-state index in [1.807, 2.05) is 0 Å². The molecule has 1 amide bonds. The number of hydrogen-bond donors (Lipinski definition) is 3. The molecule has 1 aliphatic carbocycles. The molecule has 1 aromatic carbocycles. The first-order valence-corrected chi connectivity index (χ1v) is 9.54. The highest BCUT2D eigenvalue weighted by Crippen LogP contribution is 2.29. The number of amides is 1. The van der Waals surface area contributed by atoms with Gasteiger partial charge in [0.05, 0.1) is 24.3 Å². The van der Waals surface area contributed by atoms with Crippen LogP contribution in [0.4, 0.5) is 13.2 Å². The van der Waals surface area contributed by atoms with Crippen molar-refractivity contribution in [1.29, 1.82) is 0 Å². The number of benzene rings is 1. The highest BCUT2D eigenvalue weighted by atomic mass is 19.4. The van der Waals surface area contributed by atoms with Crippen molar-refractivity contribution in [2.45, 2.75) is 50.0 Å². The molecule has 0 aromatic heterocycles. The zero-order valence-corrected chi connectivity index (χ0v) is 15.6. The van der Waals surface area contributed by atoms with Crippen LogP contribution in [-0.4, -0.2) is 53.7 Å². The summed E-state index contributed by atoms with van der Waals surface area (Å²) in [5, 5.41) is 15.4. The van der Waals surface area contributed by atoms with E-state index >= 15 is 0 Å². The second-order valence-electron chi connectivity index (χ2n) is 7.62. The number of aliphatic hydroxyl groups excluding tert-OH is 1. The quantitative estimate of drug-likeness (QED) is 0.690. The normalized spacial score (nSPS) is 23.7. The number of carbonyl (C=O) groups excluding carboxylic acids is 1. The number of carbonyl (C=O) groups is 1. The molecule has 1 heterocycles. The Balaban J connectivity index is 1.39. The van der Waals surface area contributed by atoms with Crippen LogP contribution in [-0.2, 0) is 6.18 Å². The molecule has 1 aliphatic heterocycles. The summed E-state index contributed by atoms with van der Waals surface area (Å²) in [7, 11) is 0. The Morgan fingerprint density at radius 3 is 2.54 bits per heavy atom. The number of nitrogens with one attached hydrogen (secondary N) is 2. The molecular formula is C20H26F3N3O2. The number of likely N-dealkylation sites (tertiary alicyclic amines) is 1. The van der Waals surface area contributed by atoms with Gasteiger partial charge in [0.2, 0.25) is 0 Å². The minimum Gasteiger partial charge on any atom is -0.393 e. The zero-order chi connectivity index (χ0) is 20.3. The van der Waals surface area contributed by atoms with Gasteiger partial charge < -0.3 is 15.7 Å². The first kappa shape index (κ1) is 20.7. The molecule has 2 aliphatic rings. The first-order chi connectivity index (χ1) is 13.2. The molecule has 0 unspecified atom stereocenters. The molecule has 154 valence electrons. The van der Waals surface area contributed by atoms with Gasteiger partial charge in [-0.05, 0) is 43.9 Å². The van der Waals surface area contributed by atoms with Crippen LogP contribution >= 0.6 is 0 Å². The second kappa shape index (κ2) is 8.53. The lowest BCUT2D eigenvalue weighted by atomic mass is 9.89. The highest BCUT2D eigenvalue weighted by molar-refractivity contribution is 5.94. The molecule has 1 saturated heterocycles. The fourth-order valence-corrected chi connectivity index (χ4v) is 3.79. The maximum absolute atomic E-state index is 12.7. The Labute approximate surface area is 162 Å². The average molecular weight is 397 g/mol. The minimum absolute atomic E-state index is 0.0306. The molecule has 3 rings (SSSR count). The van der Waals surface area contributed by atoms with E-state index in [1.165, 1.54) is 12.1 Å². The molecular weight excluding hydrogens is 371 g/mol. The van der Waals surface area contributed by atoms with Gasteiger partial charge in [0.1, 0.15) is 0 Å². The average Bonchev–Trinajstić information content (AvgIpc) is 2.63. The number of nitrogens with zero attached hydrogens (tertiary/aromatic N) is 1. The lowest BCUT2D eigenvalue weighted by Crippen LogP contribution is -2.61. The molecule has 2 fully saturated rings. The second-order valence-corrected chi connectivity index (χ2v) is 7.62. The standard InChI is InChI=1S/C20H26F3N3O2/c1-13(25-16-11-26(12-16)17-5-7-18(27)8-6-17)10-24-19(28)14-3-2-4-15(9-14)20(21,22)23/h2-4,9,16-18,25,27H,1,5-8,10-12H2,(H,24,28)/t17-,18-. The fraction of sp³-hybridized carbons (Fsp3) is 0.550. The Bertz CT molecular complexity index is 709. The van der Waals surface area contributed by atoms with Crippen molar-refractivity contribution in [2.24, 2.45) is 0 Å². The Morgan fingerprint density at radius 1 is 1.21 bits per heavy atom. The molecule has 0 radical (unpaired) electrons. The predicted octanol–water partition coefficient (Wildman–Crippen LogP) is 2.53. The van der Waals surface area contributed by atoms with Gasteiger partial charge in [0.25, 0.3) is 5.91 Å². The smallest absolute Gasteiger partial charge is 0.393 e. The van der Waals surface area contributed by atoms with Gasteiger partial charge in [-0.3, -0.25) is 9.69 Å². The SMILES string of the molecule is C=C(CNC(=O)c1cccc(C(F)(F)F)c1)NC1CN([C@H]2CC[C@H](O)CC2)C1.